The molecule has 0 aliphatic carbocycles. The SMILES string of the molecule is CC(C)(C)NS(=O)(=O)c1cc(C(N)=O)ccc1Br.CC(C)(C)NS(=O)(=O)c1cc(CN)ccc1Br. The Balaban J connectivity index is 0.000000351. The van der Waals surface area contributed by atoms with Gasteiger partial charge in [-0.15, -0.1) is 0 Å². The Labute approximate surface area is 224 Å². The molecule has 2 rings (SSSR count). The van der Waals surface area contributed by atoms with Gasteiger partial charge in [-0.1, -0.05) is 6.07 Å². The summed E-state index contributed by atoms with van der Waals surface area (Å²) in [5.41, 5.74) is 10.4. The number of carbonyl (C=O) groups is 1. The number of sulfonamides is 2. The first-order valence-electron chi connectivity index (χ1n) is 10.3. The zero-order valence-corrected chi connectivity index (χ0v) is 25.2. The van der Waals surface area contributed by atoms with Gasteiger partial charge in [-0.2, -0.15) is 0 Å². The minimum Gasteiger partial charge on any atom is -0.366 e. The lowest BCUT2D eigenvalue weighted by molar-refractivity contribution is 0.1000. The molecular weight excluding hydrogens is 624 g/mol. The number of halogens is 2. The predicted molar refractivity (Wildman–Crippen MR) is 145 cm³/mol. The van der Waals surface area contributed by atoms with E-state index in [1.54, 1.807) is 59.7 Å². The zero-order chi connectivity index (χ0) is 27.4. The van der Waals surface area contributed by atoms with E-state index in [9.17, 15) is 21.6 Å². The van der Waals surface area contributed by atoms with Gasteiger partial charge in [-0.3, -0.25) is 4.79 Å². The number of benzene rings is 2. The second kappa shape index (κ2) is 11.8. The molecule has 0 aromatic heterocycles. The first-order valence-corrected chi connectivity index (χ1v) is 14.9. The van der Waals surface area contributed by atoms with Crippen LogP contribution in [0.15, 0.2) is 55.1 Å². The molecule has 0 fully saturated rings. The van der Waals surface area contributed by atoms with Gasteiger partial charge in [0.25, 0.3) is 0 Å². The average Bonchev–Trinajstić information content (AvgIpc) is 2.65. The zero-order valence-electron chi connectivity index (χ0n) is 20.4. The van der Waals surface area contributed by atoms with E-state index in [0.29, 0.717) is 15.5 Å². The molecule has 1 amide bonds. The van der Waals surface area contributed by atoms with E-state index < -0.39 is 37.0 Å². The molecule has 0 spiro atoms. The summed E-state index contributed by atoms with van der Waals surface area (Å²) >= 11 is 6.39. The van der Waals surface area contributed by atoms with Crippen molar-refractivity contribution in [3.8, 4) is 0 Å². The smallest absolute Gasteiger partial charge is 0.248 e. The molecular formula is C22H32Br2N4O5S2. The number of carbonyl (C=O) groups excluding carboxylic acids is 1. The number of nitrogens with one attached hydrogen (secondary N) is 2. The number of primary amides is 1. The van der Waals surface area contributed by atoms with Crippen molar-refractivity contribution in [2.24, 2.45) is 11.5 Å². The van der Waals surface area contributed by atoms with E-state index in [2.05, 4.69) is 41.3 Å². The Morgan fingerprint density at radius 3 is 1.57 bits per heavy atom. The van der Waals surface area contributed by atoms with Gasteiger partial charge in [-0.25, -0.2) is 26.3 Å². The maximum absolute atomic E-state index is 12.2. The van der Waals surface area contributed by atoms with Gasteiger partial charge in [0.15, 0.2) is 0 Å². The summed E-state index contributed by atoms with van der Waals surface area (Å²) in [6, 6.07) is 9.26. The molecule has 13 heteroatoms. The van der Waals surface area contributed by atoms with Crippen LogP contribution in [0.4, 0.5) is 0 Å². The summed E-state index contributed by atoms with van der Waals surface area (Å²) in [6.45, 7) is 10.9. The number of nitrogens with two attached hydrogens (primary N) is 2. The number of hydrogen-bond donors (Lipinski definition) is 4. The monoisotopic (exact) mass is 654 g/mol. The molecule has 0 heterocycles. The predicted octanol–water partition coefficient (Wildman–Crippen LogP) is 3.61. The maximum atomic E-state index is 12.2. The van der Waals surface area contributed by atoms with Crippen LogP contribution >= 0.6 is 31.9 Å². The summed E-state index contributed by atoms with van der Waals surface area (Å²) in [5.74, 6) is -0.672. The van der Waals surface area contributed by atoms with Crippen molar-refractivity contribution in [2.45, 2.75) is 69.0 Å². The minimum absolute atomic E-state index is 0.00581. The fraction of sp³-hybridized carbons (Fsp3) is 0.409. The van der Waals surface area contributed by atoms with Crippen LogP contribution in [0.1, 0.15) is 57.5 Å². The Hall–Kier alpha value is -1.35. The normalized spacial score (nSPS) is 12.6. The van der Waals surface area contributed by atoms with Gasteiger partial charge < -0.3 is 11.5 Å². The van der Waals surface area contributed by atoms with Gasteiger partial charge in [-0.05, 0) is 109 Å². The lowest BCUT2D eigenvalue weighted by Crippen LogP contribution is -2.40. The Bertz CT molecular complexity index is 1280. The first-order chi connectivity index (χ1) is 15.7. The molecule has 0 unspecified atom stereocenters. The van der Waals surface area contributed by atoms with Crippen molar-refractivity contribution in [3.05, 3.63) is 56.5 Å². The molecule has 196 valence electrons. The molecule has 35 heavy (non-hydrogen) atoms. The van der Waals surface area contributed by atoms with Gasteiger partial charge >= 0.3 is 0 Å². The minimum atomic E-state index is -3.71. The van der Waals surface area contributed by atoms with Crippen LogP contribution in [0.25, 0.3) is 0 Å². The third-order valence-corrected chi connectivity index (χ3v) is 9.41. The maximum Gasteiger partial charge on any atom is 0.248 e. The van der Waals surface area contributed by atoms with Gasteiger partial charge in [0.1, 0.15) is 0 Å². The largest absolute Gasteiger partial charge is 0.366 e. The van der Waals surface area contributed by atoms with Crippen molar-refractivity contribution in [3.63, 3.8) is 0 Å². The summed E-state index contributed by atoms with van der Waals surface area (Å²) in [4.78, 5) is 11.3. The fourth-order valence-corrected chi connectivity index (χ4v) is 7.50. The van der Waals surface area contributed by atoms with Crippen LogP contribution < -0.4 is 20.9 Å². The van der Waals surface area contributed by atoms with Crippen LogP contribution in [-0.4, -0.2) is 33.8 Å². The Kier molecular flexibility index (Phi) is 10.7. The third kappa shape index (κ3) is 10.3. The van der Waals surface area contributed by atoms with E-state index in [4.69, 9.17) is 11.5 Å². The molecule has 0 saturated heterocycles. The standard InChI is InChI=1S/C11H15BrN2O3S.C11H17BrN2O2S/c1-11(2,3)14-18(16,17)9-6-7(10(13)15)4-5-8(9)12;1-11(2,3)14-17(15,16)10-6-8(7-13)4-5-9(10)12/h4-6,14H,1-3H3,(H2,13,15);4-6,14H,7,13H2,1-3H3. The average molecular weight is 656 g/mol. The summed E-state index contributed by atoms with van der Waals surface area (Å²) in [7, 11) is -7.24. The van der Waals surface area contributed by atoms with Crippen LogP contribution in [0.3, 0.4) is 0 Å². The number of rotatable bonds is 6. The molecule has 2 aromatic rings. The fourth-order valence-electron chi connectivity index (χ4n) is 2.66. The lowest BCUT2D eigenvalue weighted by atomic mass is 10.1. The highest BCUT2D eigenvalue weighted by atomic mass is 79.9. The van der Waals surface area contributed by atoms with E-state index >= 15 is 0 Å². The van der Waals surface area contributed by atoms with Crippen molar-refractivity contribution in [1.29, 1.82) is 0 Å². The summed E-state index contributed by atoms with van der Waals surface area (Å²) in [6.07, 6.45) is 0. The van der Waals surface area contributed by atoms with Crippen LogP contribution in [0.2, 0.25) is 0 Å². The Morgan fingerprint density at radius 2 is 1.20 bits per heavy atom. The van der Waals surface area contributed by atoms with Crippen molar-refractivity contribution >= 4 is 57.8 Å². The summed E-state index contributed by atoms with van der Waals surface area (Å²) in [5, 5.41) is 0. The molecule has 0 saturated carbocycles. The topological polar surface area (TPSA) is 161 Å². The highest BCUT2D eigenvalue weighted by Gasteiger charge is 2.25. The highest BCUT2D eigenvalue weighted by molar-refractivity contribution is 9.10. The van der Waals surface area contributed by atoms with Crippen molar-refractivity contribution in [2.75, 3.05) is 0 Å². The molecule has 0 bridgehead atoms. The van der Waals surface area contributed by atoms with Gasteiger partial charge in [0.05, 0.1) is 9.79 Å². The van der Waals surface area contributed by atoms with E-state index in [-0.39, 0.29) is 15.4 Å². The molecule has 0 aliphatic rings. The van der Waals surface area contributed by atoms with Gasteiger partial charge in [0.2, 0.25) is 26.0 Å². The lowest BCUT2D eigenvalue weighted by Gasteiger charge is -2.21. The second-order valence-corrected chi connectivity index (χ2v) is 14.7. The Morgan fingerprint density at radius 1 is 0.800 bits per heavy atom. The molecule has 0 radical (unpaired) electrons. The summed E-state index contributed by atoms with van der Waals surface area (Å²) < 4.78 is 54.6. The van der Waals surface area contributed by atoms with Crippen LogP contribution in [0, 0.1) is 0 Å². The van der Waals surface area contributed by atoms with Gasteiger partial charge in [0, 0.05) is 32.1 Å². The number of hydrogen-bond acceptors (Lipinski definition) is 6. The van der Waals surface area contributed by atoms with E-state index in [1.807, 2.05) is 0 Å². The second-order valence-electron chi connectivity index (χ2n) is 9.69. The molecule has 6 N–H and O–H groups in total. The van der Waals surface area contributed by atoms with E-state index in [0.717, 1.165) is 5.56 Å². The van der Waals surface area contributed by atoms with Crippen LogP contribution in [-0.2, 0) is 26.6 Å². The van der Waals surface area contributed by atoms with Crippen molar-refractivity contribution in [1.82, 2.24) is 9.44 Å². The van der Waals surface area contributed by atoms with E-state index in [1.165, 1.54) is 18.2 Å². The molecule has 9 nitrogen and oxygen atoms in total. The molecule has 0 aliphatic heterocycles. The highest BCUT2D eigenvalue weighted by Crippen LogP contribution is 2.25. The quantitative estimate of drug-likeness (QED) is 0.372. The third-order valence-electron chi connectivity index (χ3n) is 3.91. The van der Waals surface area contributed by atoms with Crippen LogP contribution in [0.5, 0.6) is 0 Å². The number of amides is 1. The molecule has 0 atom stereocenters. The molecule has 2 aromatic carbocycles. The van der Waals surface area contributed by atoms with Crippen molar-refractivity contribution < 1.29 is 21.6 Å². The first kappa shape index (κ1) is 31.7.